The fourth-order valence-electron chi connectivity index (χ4n) is 1.60. The molecule has 0 unspecified atom stereocenters. The van der Waals surface area contributed by atoms with Crippen LogP contribution in [0.3, 0.4) is 0 Å². The number of rotatable bonds is 12. The summed E-state index contributed by atoms with van der Waals surface area (Å²) >= 11 is 1.25. The largest absolute Gasteiger partial charge is 0.395 e. The second kappa shape index (κ2) is 13.4. The van der Waals surface area contributed by atoms with E-state index in [4.69, 9.17) is 9.84 Å². The molecule has 0 aromatic carbocycles. The Morgan fingerprint density at radius 3 is 2.50 bits per heavy atom. The predicted octanol–water partition coefficient (Wildman–Crippen LogP) is 3.39. The lowest BCUT2D eigenvalue weighted by Crippen LogP contribution is -2.19. The van der Waals surface area contributed by atoms with Crippen molar-refractivity contribution in [1.82, 2.24) is 0 Å². The quantitative estimate of drug-likeness (QED) is 0.555. The molecule has 0 aromatic rings. The SMILES string of the molecule is CCCCCCCC(=O)S[C@@H](CO)COCCC. The fourth-order valence-corrected chi connectivity index (χ4v) is 2.47. The van der Waals surface area contributed by atoms with Crippen molar-refractivity contribution in [2.75, 3.05) is 19.8 Å². The zero-order valence-corrected chi connectivity index (χ0v) is 12.6. The van der Waals surface area contributed by atoms with Crippen LogP contribution in [0.25, 0.3) is 0 Å². The van der Waals surface area contributed by atoms with Gasteiger partial charge < -0.3 is 9.84 Å². The van der Waals surface area contributed by atoms with Crippen molar-refractivity contribution in [3.8, 4) is 0 Å². The van der Waals surface area contributed by atoms with Gasteiger partial charge in [0.15, 0.2) is 5.12 Å². The maximum atomic E-state index is 11.7. The number of thioether (sulfide) groups is 1. The molecular formula is C14H28O3S. The minimum atomic E-state index is -0.0975. The monoisotopic (exact) mass is 276 g/mol. The molecule has 0 aliphatic carbocycles. The summed E-state index contributed by atoms with van der Waals surface area (Å²) in [5, 5.41) is 9.25. The van der Waals surface area contributed by atoms with Crippen LogP contribution in [-0.4, -0.2) is 35.3 Å². The highest BCUT2D eigenvalue weighted by atomic mass is 32.2. The summed E-state index contributed by atoms with van der Waals surface area (Å²) in [4.78, 5) is 11.7. The second-order valence-electron chi connectivity index (χ2n) is 4.53. The van der Waals surface area contributed by atoms with Gasteiger partial charge in [-0.3, -0.25) is 4.79 Å². The second-order valence-corrected chi connectivity index (χ2v) is 5.89. The van der Waals surface area contributed by atoms with E-state index in [1.54, 1.807) is 0 Å². The zero-order chi connectivity index (χ0) is 13.6. The van der Waals surface area contributed by atoms with Gasteiger partial charge in [-0.15, -0.1) is 0 Å². The lowest BCUT2D eigenvalue weighted by Gasteiger charge is -2.12. The molecule has 0 fully saturated rings. The van der Waals surface area contributed by atoms with Crippen LogP contribution < -0.4 is 0 Å². The van der Waals surface area contributed by atoms with Gasteiger partial charge in [-0.1, -0.05) is 51.3 Å². The van der Waals surface area contributed by atoms with Crippen LogP contribution in [0.4, 0.5) is 0 Å². The Morgan fingerprint density at radius 2 is 1.89 bits per heavy atom. The molecule has 108 valence electrons. The van der Waals surface area contributed by atoms with Crippen molar-refractivity contribution in [3.05, 3.63) is 0 Å². The van der Waals surface area contributed by atoms with Crippen LogP contribution in [0.1, 0.15) is 58.8 Å². The summed E-state index contributed by atoms with van der Waals surface area (Å²) in [5.74, 6) is 0. The molecule has 0 amide bonds. The Hall–Kier alpha value is -0.0600. The number of carbonyl (C=O) groups is 1. The molecule has 0 aliphatic heterocycles. The number of aliphatic hydroxyl groups excluding tert-OH is 1. The van der Waals surface area contributed by atoms with Gasteiger partial charge in [0, 0.05) is 13.0 Å². The van der Waals surface area contributed by atoms with Gasteiger partial charge in [0.1, 0.15) is 0 Å². The lowest BCUT2D eigenvalue weighted by atomic mass is 10.1. The molecular weight excluding hydrogens is 248 g/mol. The molecule has 0 rings (SSSR count). The van der Waals surface area contributed by atoms with Crippen LogP contribution in [0.2, 0.25) is 0 Å². The zero-order valence-electron chi connectivity index (χ0n) is 11.8. The van der Waals surface area contributed by atoms with E-state index in [0.29, 0.717) is 19.6 Å². The van der Waals surface area contributed by atoms with Crippen molar-refractivity contribution in [2.24, 2.45) is 0 Å². The average molecular weight is 276 g/mol. The molecule has 0 aromatic heterocycles. The first-order valence-electron chi connectivity index (χ1n) is 7.12. The van der Waals surface area contributed by atoms with Crippen molar-refractivity contribution in [2.45, 2.75) is 64.0 Å². The fraction of sp³-hybridized carbons (Fsp3) is 0.929. The molecule has 18 heavy (non-hydrogen) atoms. The molecule has 0 aliphatic rings. The third-order valence-corrected chi connectivity index (χ3v) is 3.72. The highest BCUT2D eigenvalue weighted by Gasteiger charge is 2.13. The molecule has 0 saturated heterocycles. The standard InChI is InChI=1S/C14H28O3S/c1-3-5-6-7-8-9-14(16)18-13(11-15)12-17-10-4-2/h13,15H,3-12H2,1-2H3/t13-/m0/s1. The maximum absolute atomic E-state index is 11.7. The van der Waals surface area contributed by atoms with E-state index in [1.807, 2.05) is 6.92 Å². The number of carbonyl (C=O) groups excluding carboxylic acids is 1. The van der Waals surface area contributed by atoms with Crippen molar-refractivity contribution in [3.63, 3.8) is 0 Å². The Balaban J connectivity index is 3.56. The smallest absolute Gasteiger partial charge is 0.189 e. The Labute approximate surface area is 116 Å². The number of ether oxygens (including phenoxy) is 1. The Morgan fingerprint density at radius 1 is 1.17 bits per heavy atom. The van der Waals surface area contributed by atoms with Crippen LogP contribution in [0.15, 0.2) is 0 Å². The van der Waals surface area contributed by atoms with E-state index < -0.39 is 0 Å². The van der Waals surface area contributed by atoms with E-state index in [9.17, 15) is 4.79 Å². The summed E-state index contributed by atoms with van der Waals surface area (Å²) in [6.45, 7) is 5.40. The third-order valence-electron chi connectivity index (χ3n) is 2.64. The number of unbranched alkanes of at least 4 members (excludes halogenated alkanes) is 4. The van der Waals surface area contributed by atoms with Gasteiger partial charge in [0.25, 0.3) is 0 Å². The average Bonchev–Trinajstić information content (AvgIpc) is 2.37. The Bertz CT molecular complexity index is 197. The van der Waals surface area contributed by atoms with E-state index in [-0.39, 0.29) is 17.0 Å². The molecule has 0 spiro atoms. The van der Waals surface area contributed by atoms with Crippen molar-refractivity contribution < 1.29 is 14.6 Å². The predicted molar refractivity (Wildman–Crippen MR) is 78.0 cm³/mol. The van der Waals surface area contributed by atoms with Gasteiger partial charge >= 0.3 is 0 Å². The molecule has 0 saturated carbocycles. The van der Waals surface area contributed by atoms with E-state index in [0.717, 1.165) is 19.3 Å². The molecule has 1 N–H and O–H groups in total. The Kier molecular flexibility index (Phi) is 13.3. The van der Waals surface area contributed by atoms with Crippen molar-refractivity contribution in [1.29, 1.82) is 0 Å². The molecule has 0 radical (unpaired) electrons. The van der Waals surface area contributed by atoms with Crippen LogP contribution in [0.5, 0.6) is 0 Å². The van der Waals surface area contributed by atoms with E-state index in [2.05, 4.69) is 6.92 Å². The minimum Gasteiger partial charge on any atom is -0.395 e. The highest BCUT2D eigenvalue weighted by molar-refractivity contribution is 8.14. The van der Waals surface area contributed by atoms with Gasteiger partial charge in [0.2, 0.25) is 0 Å². The number of hydrogen-bond acceptors (Lipinski definition) is 4. The van der Waals surface area contributed by atoms with Crippen molar-refractivity contribution >= 4 is 16.9 Å². The molecule has 0 bridgehead atoms. The normalized spacial score (nSPS) is 12.6. The van der Waals surface area contributed by atoms with Gasteiger partial charge in [-0.2, -0.15) is 0 Å². The first kappa shape index (κ1) is 17.9. The highest BCUT2D eigenvalue weighted by Crippen LogP contribution is 2.17. The molecule has 0 heterocycles. The summed E-state index contributed by atoms with van der Waals surface area (Å²) in [6.07, 6.45) is 7.40. The first-order chi connectivity index (χ1) is 8.74. The summed E-state index contributed by atoms with van der Waals surface area (Å²) < 4.78 is 5.36. The molecule has 4 heteroatoms. The number of hydrogen-bond donors (Lipinski definition) is 1. The number of aliphatic hydroxyl groups is 1. The minimum absolute atomic E-state index is 0.00988. The van der Waals surface area contributed by atoms with Crippen LogP contribution in [0, 0.1) is 0 Å². The van der Waals surface area contributed by atoms with Gasteiger partial charge in [0.05, 0.1) is 18.5 Å². The summed E-state index contributed by atoms with van der Waals surface area (Å²) in [7, 11) is 0. The molecule has 1 atom stereocenters. The van der Waals surface area contributed by atoms with Crippen LogP contribution in [-0.2, 0) is 9.53 Å². The van der Waals surface area contributed by atoms with E-state index in [1.165, 1.54) is 31.0 Å². The summed E-state index contributed by atoms with van der Waals surface area (Å²) in [5.41, 5.74) is 0. The third kappa shape index (κ3) is 11.1. The topological polar surface area (TPSA) is 46.5 Å². The van der Waals surface area contributed by atoms with Gasteiger partial charge in [-0.25, -0.2) is 0 Å². The first-order valence-corrected chi connectivity index (χ1v) is 8.00. The van der Waals surface area contributed by atoms with E-state index >= 15 is 0 Å². The maximum Gasteiger partial charge on any atom is 0.189 e. The molecule has 3 nitrogen and oxygen atoms in total. The van der Waals surface area contributed by atoms with Crippen LogP contribution >= 0.6 is 11.8 Å². The van der Waals surface area contributed by atoms with Gasteiger partial charge in [-0.05, 0) is 12.8 Å². The lowest BCUT2D eigenvalue weighted by molar-refractivity contribution is -0.111. The summed E-state index contributed by atoms with van der Waals surface area (Å²) in [6, 6.07) is 0.